The maximum Gasteiger partial charge on any atom is 0.0601 e. The lowest BCUT2D eigenvalue weighted by atomic mass is 10.1. The molecule has 0 bridgehead atoms. The van der Waals surface area contributed by atoms with E-state index in [1.165, 1.54) is 11.3 Å². The van der Waals surface area contributed by atoms with Crippen LogP contribution in [0.15, 0.2) is 24.3 Å². The molecule has 0 aliphatic carbocycles. The molecule has 3 heteroatoms. The first-order valence-corrected chi connectivity index (χ1v) is 5.81. The van der Waals surface area contributed by atoms with Gasteiger partial charge in [0.05, 0.1) is 6.61 Å². The van der Waals surface area contributed by atoms with Gasteiger partial charge in [0.15, 0.2) is 0 Å². The van der Waals surface area contributed by atoms with E-state index in [-0.39, 0.29) is 12.6 Å². The SMILES string of the molecule is CCN(CC(CO)NC)c1ccccc1C. The molecule has 16 heavy (non-hydrogen) atoms. The molecule has 1 rings (SSSR count). The standard InChI is InChI=1S/C13H22N2O/c1-4-15(9-12(10-16)14-3)13-8-6-5-7-11(13)2/h5-8,12,14,16H,4,9-10H2,1-3H3. The third-order valence-corrected chi connectivity index (χ3v) is 2.91. The van der Waals surface area contributed by atoms with Gasteiger partial charge < -0.3 is 15.3 Å². The largest absolute Gasteiger partial charge is 0.395 e. The van der Waals surface area contributed by atoms with Gasteiger partial charge in [-0.2, -0.15) is 0 Å². The summed E-state index contributed by atoms with van der Waals surface area (Å²) in [6, 6.07) is 8.47. The third-order valence-electron chi connectivity index (χ3n) is 2.91. The number of anilines is 1. The second-order valence-corrected chi connectivity index (χ2v) is 3.99. The van der Waals surface area contributed by atoms with Gasteiger partial charge in [0, 0.05) is 24.8 Å². The molecular weight excluding hydrogens is 200 g/mol. The molecular formula is C13H22N2O. The molecule has 0 heterocycles. The van der Waals surface area contributed by atoms with E-state index in [0.717, 1.165) is 13.1 Å². The van der Waals surface area contributed by atoms with E-state index in [4.69, 9.17) is 0 Å². The third kappa shape index (κ3) is 3.22. The lowest BCUT2D eigenvalue weighted by Crippen LogP contribution is -2.42. The van der Waals surface area contributed by atoms with Crippen molar-refractivity contribution in [2.45, 2.75) is 19.9 Å². The highest BCUT2D eigenvalue weighted by molar-refractivity contribution is 5.52. The second-order valence-electron chi connectivity index (χ2n) is 3.99. The lowest BCUT2D eigenvalue weighted by molar-refractivity contribution is 0.250. The van der Waals surface area contributed by atoms with E-state index < -0.39 is 0 Å². The Hall–Kier alpha value is -1.06. The minimum Gasteiger partial charge on any atom is -0.395 e. The number of aryl methyl sites for hydroxylation is 1. The molecule has 1 atom stereocenters. The van der Waals surface area contributed by atoms with Crippen LogP contribution in [0.25, 0.3) is 0 Å². The fraction of sp³-hybridized carbons (Fsp3) is 0.538. The summed E-state index contributed by atoms with van der Waals surface area (Å²) < 4.78 is 0. The number of nitrogens with one attached hydrogen (secondary N) is 1. The summed E-state index contributed by atoms with van der Waals surface area (Å²) in [6.07, 6.45) is 0. The van der Waals surface area contributed by atoms with Crippen LogP contribution in [0.1, 0.15) is 12.5 Å². The van der Waals surface area contributed by atoms with Crippen molar-refractivity contribution in [2.24, 2.45) is 0 Å². The lowest BCUT2D eigenvalue weighted by Gasteiger charge is -2.28. The van der Waals surface area contributed by atoms with Crippen molar-refractivity contribution >= 4 is 5.69 Å². The number of aliphatic hydroxyl groups is 1. The first-order valence-electron chi connectivity index (χ1n) is 5.81. The van der Waals surface area contributed by atoms with Gasteiger partial charge in [0.25, 0.3) is 0 Å². The molecule has 0 saturated heterocycles. The predicted octanol–water partition coefficient (Wildman–Crippen LogP) is 1.40. The number of benzene rings is 1. The number of para-hydroxylation sites is 1. The quantitative estimate of drug-likeness (QED) is 0.764. The molecule has 0 fully saturated rings. The second kappa shape index (κ2) is 6.51. The average molecular weight is 222 g/mol. The molecule has 0 aromatic heterocycles. The minimum absolute atomic E-state index is 0.125. The summed E-state index contributed by atoms with van der Waals surface area (Å²) in [5.74, 6) is 0. The highest BCUT2D eigenvalue weighted by Gasteiger charge is 2.12. The monoisotopic (exact) mass is 222 g/mol. The maximum atomic E-state index is 9.20. The Labute approximate surface area is 98.1 Å². The minimum atomic E-state index is 0.125. The Kier molecular flexibility index (Phi) is 5.29. The molecule has 0 spiro atoms. The summed E-state index contributed by atoms with van der Waals surface area (Å²) in [4.78, 5) is 2.28. The van der Waals surface area contributed by atoms with Crippen molar-refractivity contribution in [3.05, 3.63) is 29.8 Å². The van der Waals surface area contributed by atoms with Crippen molar-refractivity contribution < 1.29 is 5.11 Å². The van der Waals surface area contributed by atoms with Crippen LogP contribution >= 0.6 is 0 Å². The molecule has 90 valence electrons. The molecule has 1 unspecified atom stereocenters. The van der Waals surface area contributed by atoms with Gasteiger partial charge in [-0.1, -0.05) is 18.2 Å². The van der Waals surface area contributed by atoms with E-state index >= 15 is 0 Å². The highest BCUT2D eigenvalue weighted by Crippen LogP contribution is 2.19. The zero-order valence-corrected chi connectivity index (χ0v) is 10.4. The Morgan fingerprint density at radius 1 is 1.38 bits per heavy atom. The van der Waals surface area contributed by atoms with E-state index in [9.17, 15) is 5.11 Å². The number of likely N-dealkylation sites (N-methyl/N-ethyl adjacent to an activating group) is 2. The molecule has 0 saturated carbocycles. The van der Waals surface area contributed by atoms with Gasteiger partial charge in [0.2, 0.25) is 0 Å². The number of aliphatic hydroxyl groups excluding tert-OH is 1. The van der Waals surface area contributed by atoms with Crippen LogP contribution in [0.2, 0.25) is 0 Å². The molecule has 0 aliphatic rings. The fourth-order valence-corrected chi connectivity index (χ4v) is 1.82. The van der Waals surface area contributed by atoms with Crippen LogP contribution in [-0.2, 0) is 0 Å². The molecule has 0 radical (unpaired) electrons. The van der Waals surface area contributed by atoms with E-state index in [1.54, 1.807) is 0 Å². The summed E-state index contributed by atoms with van der Waals surface area (Å²) in [7, 11) is 1.88. The van der Waals surface area contributed by atoms with Gasteiger partial charge >= 0.3 is 0 Å². The van der Waals surface area contributed by atoms with Gasteiger partial charge in [-0.25, -0.2) is 0 Å². The van der Waals surface area contributed by atoms with Crippen LogP contribution < -0.4 is 10.2 Å². The smallest absolute Gasteiger partial charge is 0.0601 e. The first-order chi connectivity index (χ1) is 7.72. The zero-order valence-electron chi connectivity index (χ0n) is 10.4. The van der Waals surface area contributed by atoms with Crippen LogP contribution in [0.3, 0.4) is 0 Å². The summed E-state index contributed by atoms with van der Waals surface area (Å²) in [5, 5.41) is 12.3. The average Bonchev–Trinajstić information content (AvgIpc) is 2.32. The van der Waals surface area contributed by atoms with Crippen molar-refractivity contribution in [2.75, 3.05) is 31.6 Å². The molecule has 3 nitrogen and oxygen atoms in total. The highest BCUT2D eigenvalue weighted by atomic mass is 16.3. The molecule has 0 aliphatic heterocycles. The number of hydrogen-bond acceptors (Lipinski definition) is 3. The number of rotatable bonds is 6. The summed E-state index contributed by atoms with van der Waals surface area (Å²) in [5.41, 5.74) is 2.52. The van der Waals surface area contributed by atoms with Gasteiger partial charge in [-0.3, -0.25) is 0 Å². The van der Waals surface area contributed by atoms with Crippen LogP contribution in [-0.4, -0.2) is 37.9 Å². The van der Waals surface area contributed by atoms with Crippen molar-refractivity contribution in [1.29, 1.82) is 0 Å². The van der Waals surface area contributed by atoms with E-state index in [2.05, 4.69) is 42.3 Å². The van der Waals surface area contributed by atoms with E-state index in [0.29, 0.717) is 0 Å². The van der Waals surface area contributed by atoms with Crippen molar-refractivity contribution in [3.8, 4) is 0 Å². The number of nitrogens with zero attached hydrogens (tertiary/aromatic N) is 1. The Morgan fingerprint density at radius 2 is 2.06 bits per heavy atom. The van der Waals surface area contributed by atoms with Crippen molar-refractivity contribution in [3.63, 3.8) is 0 Å². The maximum absolute atomic E-state index is 9.20. The first kappa shape index (κ1) is 13.0. The fourth-order valence-electron chi connectivity index (χ4n) is 1.82. The van der Waals surface area contributed by atoms with Crippen LogP contribution in [0, 0.1) is 6.92 Å². The predicted molar refractivity (Wildman–Crippen MR) is 69.0 cm³/mol. The van der Waals surface area contributed by atoms with Crippen LogP contribution in [0.4, 0.5) is 5.69 Å². The Bertz CT molecular complexity index is 311. The van der Waals surface area contributed by atoms with Gasteiger partial charge in [-0.05, 0) is 32.5 Å². The number of hydrogen-bond donors (Lipinski definition) is 2. The summed E-state index contributed by atoms with van der Waals surface area (Å²) >= 11 is 0. The van der Waals surface area contributed by atoms with Gasteiger partial charge in [-0.15, -0.1) is 0 Å². The summed E-state index contributed by atoms with van der Waals surface area (Å²) in [6.45, 7) is 6.19. The molecule has 1 aromatic carbocycles. The van der Waals surface area contributed by atoms with Crippen LogP contribution in [0.5, 0.6) is 0 Å². The normalized spacial score (nSPS) is 12.5. The zero-order chi connectivity index (χ0) is 12.0. The molecule has 0 amide bonds. The Morgan fingerprint density at radius 3 is 2.56 bits per heavy atom. The van der Waals surface area contributed by atoms with Gasteiger partial charge in [0.1, 0.15) is 0 Å². The topological polar surface area (TPSA) is 35.5 Å². The van der Waals surface area contributed by atoms with Crippen molar-refractivity contribution in [1.82, 2.24) is 5.32 Å². The Balaban J connectivity index is 2.78. The molecule has 2 N–H and O–H groups in total. The molecule has 1 aromatic rings. The van der Waals surface area contributed by atoms with E-state index in [1.807, 2.05) is 13.1 Å².